The highest BCUT2D eigenvalue weighted by Crippen LogP contribution is 2.35. The molecule has 0 saturated heterocycles. The van der Waals surface area contributed by atoms with Crippen molar-refractivity contribution in [3.63, 3.8) is 0 Å². The third-order valence-corrected chi connectivity index (χ3v) is 4.29. The molecule has 2 N–H and O–H groups in total. The molecular formula is C19H13ClF4N2O3. The number of benzene rings is 1. The Morgan fingerprint density at radius 3 is 2.62 bits per heavy atom. The molecule has 1 unspecified atom stereocenters. The second-order valence-corrected chi connectivity index (χ2v) is 6.59. The van der Waals surface area contributed by atoms with Gasteiger partial charge >= 0.3 is 6.18 Å². The maximum atomic E-state index is 13.3. The lowest BCUT2D eigenvalue weighted by molar-refractivity contribution is -0.137. The highest BCUT2D eigenvalue weighted by atomic mass is 35.5. The summed E-state index contributed by atoms with van der Waals surface area (Å²) in [6.45, 7) is 0. The molecule has 29 heavy (non-hydrogen) atoms. The standard InChI is InChI=1S/C19H13ClF4N2O3/c20-14-8-11(21)2-4-16(14)29-15-3-1-10(19(22,23)24)7-13(15)18(28)26-12-5-6-25-17(27)9-12/h1-7,9,14H,8H2,(H2,25,26,27,28). The average molecular weight is 429 g/mol. The van der Waals surface area contributed by atoms with Crippen LogP contribution in [0.3, 0.4) is 0 Å². The molecule has 1 atom stereocenters. The molecule has 10 heteroatoms. The Morgan fingerprint density at radius 1 is 1.21 bits per heavy atom. The zero-order chi connectivity index (χ0) is 21.2. The summed E-state index contributed by atoms with van der Waals surface area (Å²) in [6, 6.07) is 4.79. The van der Waals surface area contributed by atoms with Crippen molar-refractivity contribution < 1.29 is 27.1 Å². The number of H-pyrrole nitrogens is 1. The van der Waals surface area contributed by atoms with E-state index in [1.807, 2.05) is 0 Å². The third kappa shape index (κ3) is 5.05. The Kier molecular flexibility index (Phi) is 5.78. The van der Waals surface area contributed by atoms with E-state index in [0.29, 0.717) is 6.07 Å². The summed E-state index contributed by atoms with van der Waals surface area (Å²) >= 11 is 6.02. The molecule has 152 valence electrons. The van der Waals surface area contributed by atoms with Crippen LogP contribution in [0.2, 0.25) is 0 Å². The van der Waals surface area contributed by atoms with Crippen molar-refractivity contribution in [2.24, 2.45) is 0 Å². The number of aromatic amines is 1. The smallest absolute Gasteiger partial charge is 0.416 e. The van der Waals surface area contributed by atoms with Crippen LogP contribution in [0.25, 0.3) is 0 Å². The monoisotopic (exact) mass is 428 g/mol. The lowest BCUT2D eigenvalue weighted by atomic mass is 10.1. The number of hydrogen-bond acceptors (Lipinski definition) is 3. The van der Waals surface area contributed by atoms with E-state index in [4.69, 9.17) is 16.3 Å². The van der Waals surface area contributed by atoms with Gasteiger partial charge in [0.1, 0.15) is 17.3 Å². The highest BCUT2D eigenvalue weighted by Gasteiger charge is 2.32. The number of carbonyl (C=O) groups excluding carboxylic acids is 1. The molecule has 5 nitrogen and oxygen atoms in total. The fraction of sp³-hybridized carbons (Fsp3) is 0.158. The summed E-state index contributed by atoms with van der Waals surface area (Å²) in [5.41, 5.74) is -1.92. The second-order valence-electron chi connectivity index (χ2n) is 6.06. The summed E-state index contributed by atoms with van der Waals surface area (Å²) in [4.78, 5) is 26.3. The van der Waals surface area contributed by atoms with Crippen LogP contribution in [0.5, 0.6) is 5.75 Å². The Bertz CT molecular complexity index is 1060. The van der Waals surface area contributed by atoms with Gasteiger partial charge < -0.3 is 15.0 Å². The van der Waals surface area contributed by atoms with Gasteiger partial charge in [0.25, 0.3) is 5.91 Å². The Morgan fingerprint density at radius 2 is 1.97 bits per heavy atom. The summed E-state index contributed by atoms with van der Waals surface area (Å²) in [5.74, 6) is -1.52. The van der Waals surface area contributed by atoms with Gasteiger partial charge in [0.15, 0.2) is 0 Å². The van der Waals surface area contributed by atoms with Crippen molar-refractivity contribution in [3.8, 4) is 5.75 Å². The minimum absolute atomic E-state index is 0.0815. The molecule has 0 aliphatic heterocycles. The molecule has 1 aliphatic carbocycles. The second kappa shape index (κ2) is 8.12. The van der Waals surface area contributed by atoms with Gasteiger partial charge in [-0.15, -0.1) is 11.6 Å². The summed E-state index contributed by atoms with van der Waals surface area (Å²) in [7, 11) is 0. The van der Waals surface area contributed by atoms with Crippen molar-refractivity contribution in [3.05, 3.63) is 81.7 Å². The van der Waals surface area contributed by atoms with E-state index in [9.17, 15) is 27.2 Å². The zero-order valence-corrected chi connectivity index (χ0v) is 15.3. The predicted octanol–water partition coefficient (Wildman–Crippen LogP) is 4.77. The number of ether oxygens (including phenoxy) is 1. The minimum Gasteiger partial charge on any atom is -0.459 e. The molecule has 0 saturated carbocycles. The molecule has 0 fully saturated rings. The van der Waals surface area contributed by atoms with Crippen LogP contribution < -0.4 is 15.6 Å². The molecular weight excluding hydrogens is 416 g/mol. The zero-order valence-electron chi connectivity index (χ0n) is 14.5. The Labute approximate surface area is 166 Å². The summed E-state index contributed by atoms with van der Waals surface area (Å²) in [6.07, 6.45) is -1.21. The van der Waals surface area contributed by atoms with Crippen molar-refractivity contribution in [1.82, 2.24) is 4.98 Å². The Balaban J connectivity index is 1.98. The fourth-order valence-corrected chi connectivity index (χ4v) is 2.80. The molecule has 1 aromatic carbocycles. The van der Waals surface area contributed by atoms with Gasteiger partial charge in [0.05, 0.1) is 16.5 Å². The van der Waals surface area contributed by atoms with Crippen LogP contribution in [0.1, 0.15) is 22.3 Å². The first-order valence-electron chi connectivity index (χ1n) is 8.23. The van der Waals surface area contributed by atoms with Gasteiger partial charge in [-0.2, -0.15) is 13.2 Å². The molecule has 1 aliphatic rings. The van der Waals surface area contributed by atoms with Gasteiger partial charge in [-0.05, 0) is 36.4 Å². The maximum absolute atomic E-state index is 13.3. The number of alkyl halides is 4. The van der Waals surface area contributed by atoms with E-state index in [0.717, 1.165) is 24.3 Å². The van der Waals surface area contributed by atoms with Gasteiger partial charge in [-0.3, -0.25) is 9.59 Å². The fourth-order valence-electron chi connectivity index (χ4n) is 2.54. The first-order chi connectivity index (χ1) is 13.6. The highest BCUT2D eigenvalue weighted by molar-refractivity contribution is 6.22. The van der Waals surface area contributed by atoms with Crippen molar-refractivity contribution in [2.75, 3.05) is 5.32 Å². The van der Waals surface area contributed by atoms with E-state index < -0.39 is 40.0 Å². The molecule has 2 aromatic rings. The van der Waals surface area contributed by atoms with Crippen LogP contribution in [-0.4, -0.2) is 16.3 Å². The van der Waals surface area contributed by atoms with Crippen molar-refractivity contribution >= 4 is 23.2 Å². The van der Waals surface area contributed by atoms with Crippen molar-refractivity contribution in [1.29, 1.82) is 0 Å². The van der Waals surface area contributed by atoms with Gasteiger partial charge in [-0.1, -0.05) is 0 Å². The van der Waals surface area contributed by atoms with Crippen LogP contribution in [0.15, 0.2) is 65.1 Å². The van der Waals surface area contributed by atoms with E-state index in [1.165, 1.54) is 18.3 Å². The Hall–Kier alpha value is -3.07. The molecule has 1 aromatic heterocycles. The summed E-state index contributed by atoms with van der Waals surface area (Å²) < 4.78 is 58.1. The first-order valence-corrected chi connectivity index (χ1v) is 8.66. The topological polar surface area (TPSA) is 71.2 Å². The number of aromatic nitrogens is 1. The van der Waals surface area contributed by atoms with E-state index >= 15 is 0 Å². The maximum Gasteiger partial charge on any atom is 0.416 e. The van der Waals surface area contributed by atoms with Gasteiger partial charge in [0, 0.05) is 24.4 Å². The van der Waals surface area contributed by atoms with Crippen LogP contribution in [0.4, 0.5) is 23.2 Å². The number of allylic oxidation sites excluding steroid dienone is 4. The van der Waals surface area contributed by atoms with Crippen LogP contribution in [0, 0.1) is 0 Å². The van der Waals surface area contributed by atoms with Gasteiger partial charge in [0.2, 0.25) is 5.56 Å². The lowest BCUT2D eigenvalue weighted by Gasteiger charge is -2.20. The minimum atomic E-state index is -4.69. The number of pyridine rings is 1. The number of hydrogen-bond donors (Lipinski definition) is 2. The first kappa shape index (κ1) is 20.7. The molecule has 1 amide bonds. The van der Waals surface area contributed by atoms with E-state index in [2.05, 4.69) is 10.3 Å². The molecule has 0 bridgehead atoms. The van der Waals surface area contributed by atoms with Gasteiger partial charge in [-0.25, -0.2) is 4.39 Å². The number of rotatable bonds is 4. The number of amides is 1. The lowest BCUT2D eigenvalue weighted by Crippen LogP contribution is -2.19. The molecule has 0 radical (unpaired) electrons. The third-order valence-electron chi connectivity index (χ3n) is 3.92. The van der Waals surface area contributed by atoms with E-state index in [1.54, 1.807) is 0 Å². The SMILES string of the molecule is O=C(Nc1cc[nH]c(=O)c1)c1cc(C(F)(F)F)ccc1OC1=CC=C(F)CC1Cl. The quantitative estimate of drug-likeness (QED) is 0.544. The predicted molar refractivity (Wildman–Crippen MR) is 98.6 cm³/mol. The number of carbonyl (C=O) groups is 1. The number of nitrogens with one attached hydrogen (secondary N) is 2. The number of halogens is 5. The van der Waals surface area contributed by atoms with Crippen LogP contribution in [-0.2, 0) is 6.18 Å². The van der Waals surface area contributed by atoms with Crippen LogP contribution >= 0.6 is 11.6 Å². The molecule has 3 rings (SSSR count). The largest absolute Gasteiger partial charge is 0.459 e. The van der Waals surface area contributed by atoms with Crippen molar-refractivity contribution in [2.45, 2.75) is 18.0 Å². The molecule has 1 heterocycles. The molecule has 0 spiro atoms. The normalized spacial score (nSPS) is 16.7. The van der Waals surface area contributed by atoms with E-state index in [-0.39, 0.29) is 23.6 Å². The summed E-state index contributed by atoms with van der Waals surface area (Å²) in [5, 5.41) is 1.46. The average Bonchev–Trinajstić information content (AvgIpc) is 2.63. The number of anilines is 1.